The Balaban J connectivity index is 2.53. The summed E-state index contributed by atoms with van der Waals surface area (Å²) in [5.74, 6) is -0.00396. The summed E-state index contributed by atoms with van der Waals surface area (Å²) in [5, 5.41) is 0.464. The second-order valence-electron chi connectivity index (χ2n) is 3.27. The van der Waals surface area contributed by atoms with Gasteiger partial charge in [0.1, 0.15) is 12.4 Å². The molecule has 0 saturated heterocycles. The minimum atomic E-state index is -0.423. The monoisotopic (exact) mass is 268 g/mol. The molecule has 96 valence electrons. The molecule has 1 rings (SSSR count). The van der Waals surface area contributed by atoms with Crippen LogP contribution in [0.5, 0.6) is 5.75 Å². The third kappa shape index (κ3) is 4.59. The Kier molecular flexibility index (Phi) is 5.94. The van der Waals surface area contributed by atoms with E-state index in [0.717, 1.165) is 0 Å². The Hall–Kier alpha value is -1.81. The lowest BCUT2D eigenvalue weighted by Gasteiger charge is -2.05. The molecule has 0 aliphatic heterocycles. The van der Waals surface area contributed by atoms with Crippen molar-refractivity contribution in [3.63, 3.8) is 0 Å². The zero-order valence-electron chi connectivity index (χ0n) is 9.89. The normalized spacial score (nSPS) is 10.3. The molecular weight excluding hydrogens is 256 g/mol. The predicted molar refractivity (Wildman–Crippen MR) is 68.1 cm³/mol. The van der Waals surface area contributed by atoms with Gasteiger partial charge in [-0.25, -0.2) is 4.79 Å². The first kappa shape index (κ1) is 14.3. The summed E-state index contributed by atoms with van der Waals surface area (Å²) >= 11 is 5.74. The second-order valence-corrected chi connectivity index (χ2v) is 3.70. The smallest absolute Gasteiger partial charge is 0.330 e. The van der Waals surface area contributed by atoms with E-state index in [1.54, 1.807) is 19.1 Å². The predicted octanol–water partition coefficient (Wildman–Crippen LogP) is 2.65. The van der Waals surface area contributed by atoms with Crippen LogP contribution in [0.2, 0.25) is 5.02 Å². The van der Waals surface area contributed by atoms with Gasteiger partial charge in [-0.05, 0) is 31.2 Å². The Labute approximate surface area is 110 Å². The number of esters is 1. The Morgan fingerprint density at radius 2 is 2.22 bits per heavy atom. The van der Waals surface area contributed by atoms with Gasteiger partial charge in [0.05, 0.1) is 12.2 Å². The standard InChI is InChI=1S/C13H13ClO4/c1-2-17-13(16)4-3-7-18-12-6-5-11(14)8-10(12)9-15/h3-6,8-9H,2,7H2,1H3/b4-3+. The van der Waals surface area contributed by atoms with Gasteiger partial charge >= 0.3 is 5.97 Å². The summed E-state index contributed by atoms with van der Waals surface area (Å²) in [6.07, 6.45) is 3.46. The van der Waals surface area contributed by atoms with E-state index < -0.39 is 5.97 Å². The van der Waals surface area contributed by atoms with Gasteiger partial charge in [-0.2, -0.15) is 0 Å². The maximum atomic E-state index is 11.0. The van der Waals surface area contributed by atoms with Gasteiger partial charge in [0.15, 0.2) is 6.29 Å². The summed E-state index contributed by atoms with van der Waals surface area (Å²) in [6, 6.07) is 4.74. The van der Waals surface area contributed by atoms with Crippen LogP contribution < -0.4 is 4.74 Å². The summed E-state index contributed by atoms with van der Waals surface area (Å²) in [5.41, 5.74) is 0.368. The number of halogens is 1. The summed E-state index contributed by atoms with van der Waals surface area (Å²) < 4.78 is 10.0. The van der Waals surface area contributed by atoms with Crippen molar-refractivity contribution in [1.82, 2.24) is 0 Å². The molecule has 0 aliphatic carbocycles. The highest BCUT2D eigenvalue weighted by atomic mass is 35.5. The van der Waals surface area contributed by atoms with Crippen molar-refractivity contribution < 1.29 is 19.1 Å². The zero-order valence-corrected chi connectivity index (χ0v) is 10.6. The second kappa shape index (κ2) is 7.50. The molecule has 5 heteroatoms. The highest BCUT2D eigenvalue weighted by Crippen LogP contribution is 2.21. The lowest BCUT2D eigenvalue weighted by atomic mass is 10.2. The molecule has 1 aromatic carbocycles. The molecule has 18 heavy (non-hydrogen) atoms. The molecule has 0 aromatic heterocycles. The minimum absolute atomic E-state index is 0.168. The first-order valence-corrected chi connectivity index (χ1v) is 5.76. The van der Waals surface area contributed by atoms with Crippen molar-refractivity contribution in [3.8, 4) is 5.75 Å². The number of ether oxygens (including phenoxy) is 2. The molecule has 0 saturated carbocycles. The van der Waals surface area contributed by atoms with Crippen molar-refractivity contribution >= 4 is 23.9 Å². The Morgan fingerprint density at radius 1 is 1.44 bits per heavy atom. The van der Waals surface area contributed by atoms with Crippen LogP contribution in [0.3, 0.4) is 0 Å². The number of carbonyl (C=O) groups is 2. The molecule has 0 heterocycles. The average molecular weight is 269 g/mol. The SMILES string of the molecule is CCOC(=O)/C=C/COc1ccc(Cl)cc1C=O. The molecule has 0 aliphatic rings. The largest absolute Gasteiger partial charge is 0.489 e. The molecule has 0 fully saturated rings. The van der Waals surface area contributed by atoms with Crippen LogP contribution in [0.25, 0.3) is 0 Å². The van der Waals surface area contributed by atoms with Gasteiger partial charge in [-0.1, -0.05) is 11.6 Å². The van der Waals surface area contributed by atoms with E-state index in [2.05, 4.69) is 0 Å². The summed E-state index contributed by atoms with van der Waals surface area (Å²) in [7, 11) is 0. The topological polar surface area (TPSA) is 52.6 Å². The van der Waals surface area contributed by atoms with Gasteiger partial charge in [-0.3, -0.25) is 4.79 Å². The van der Waals surface area contributed by atoms with Crippen molar-refractivity contribution in [2.45, 2.75) is 6.92 Å². The van der Waals surface area contributed by atoms with Crippen molar-refractivity contribution in [3.05, 3.63) is 40.9 Å². The van der Waals surface area contributed by atoms with Crippen LogP contribution in [0, 0.1) is 0 Å². The highest BCUT2D eigenvalue weighted by Gasteiger charge is 2.02. The fourth-order valence-electron chi connectivity index (χ4n) is 1.22. The van der Waals surface area contributed by atoms with Crippen LogP contribution in [0.4, 0.5) is 0 Å². The van der Waals surface area contributed by atoms with E-state index in [4.69, 9.17) is 21.1 Å². The Morgan fingerprint density at radius 3 is 2.89 bits per heavy atom. The fourth-order valence-corrected chi connectivity index (χ4v) is 1.40. The first-order valence-electron chi connectivity index (χ1n) is 5.38. The molecule has 4 nitrogen and oxygen atoms in total. The van der Waals surface area contributed by atoms with Gasteiger partial charge in [0.25, 0.3) is 0 Å². The average Bonchev–Trinajstić information content (AvgIpc) is 2.36. The third-order valence-corrected chi connectivity index (χ3v) is 2.21. The lowest BCUT2D eigenvalue weighted by Crippen LogP contribution is -2.01. The molecule has 0 N–H and O–H groups in total. The third-order valence-electron chi connectivity index (χ3n) is 1.97. The molecule has 0 spiro atoms. The molecule has 0 bridgehead atoms. The number of hydrogen-bond donors (Lipinski definition) is 0. The van der Waals surface area contributed by atoms with Crippen LogP contribution in [0.15, 0.2) is 30.4 Å². The fraction of sp³-hybridized carbons (Fsp3) is 0.231. The zero-order chi connectivity index (χ0) is 13.4. The van der Waals surface area contributed by atoms with Gasteiger partial charge in [0.2, 0.25) is 0 Å². The number of aldehydes is 1. The number of benzene rings is 1. The maximum absolute atomic E-state index is 11.0. The molecule has 0 radical (unpaired) electrons. The van der Waals surface area contributed by atoms with Crippen molar-refractivity contribution in [2.24, 2.45) is 0 Å². The van der Waals surface area contributed by atoms with E-state index in [1.807, 2.05) is 0 Å². The van der Waals surface area contributed by atoms with Crippen LogP contribution in [-0.2, 0) is 9.53 Å². The summed E-state index contributed by atoms with van der Waals surface area (Å²) in [4.78, 5) is 21.8. The van der Waals surface area contributed by atoms with E-state index in [1.165, 1.54) is 18.2 Å². The molecular formula is C13H13ClO4. The number of carbonyl (C=O) groups excluding carboxylic acids is 2. The minimum Gasteiger partial charge on any atom is -0.489 e. The first-order chi connectivity index (χ1) is 8.67. The quantitative estimate of drug-likeness (QED) is 0.452. The van der Waals surface area contributed by atoms with Crippen LogP contribution >= 0.6 is 11.6 Å². The van der Waals surface area contributed by atoms with Gasteiger partial charge < -0.3 is 9.47 Å². The van der Waals surface area contributed by atoms with E-state index in [-0.39, 0.29) is 6.61 Å². The van der Waals surface area contributed by atoms with Crippen molar-refractivity contribution in [1.29, 1.82) is 0 Å². The van der Waals surface area contributed by atoms with Crippen molar-refractivity contribution in [2.75, 3.05) is 13.2 Å². The van der Waals surface area contributed by atoms with Gasteiger partial charge in [0, 0.05) is 11.1 Å². The van der Waals surface area contributed by atoms with E-state index >= 15 is 0 Å². The molecule has 0 amide bonds. The lowest BCUT2D eigenvalue weighted by molar-refractivity contribution is -0.137. The van der Waals surface area contributed by atoms with Crippen LogP contribution in [0.1, 0.15) is 17.3 Å². The molecule has 0 unspecified atom stereocenters. The Bertz CT molecular complexity index is 454. The summed E-state index contributed by atoms with van der Waals surface area (Å²) in [6.45, 7) is 2.23. The van der Waals surface area contributed by atoms with E-state index in [9.17, 15) is 9.59 Å². The molecule has 0 atom stereocenters. The molecule has 1 aromatic rings. The number of rotatable bonds is 6. The van der Waals surface area contributed by atoms with Gasteiger partial charge in [-0.15, -0.1) is 0 Å². The number of hydrogen-bond acceptors (Lipinski definition) is 4. The maximum Gasteiger partial charge on any atom is 0.330 e. The highest BCUT2D eigenvalue weighted by molar-refractivity contribution is 6.30. The van der Waals surface area contributed by atoms with Crippen LogP contribution in [-0.4, -0.2) is 25.5 Å². The van der Waals surface area contributed by atoms with E-state index in [0.29, 0.717) is 29.2 Å².